The lowest BCUT2D eigenvalue weighted by molar-refractivity contribution is -0.136. The molecule has 1 aliphatic heterocycles. The maximum absolute atomic E-state index is 10.1. The highest BCUT2D eigenvalue weighted by atomic mass is 35.5. The minimum absolute atomic E-state index is 0. The molecule has 1 heterocycles. The summed E-state index contributed by atoms with van der Waals surface area (Å²) in [7, 11) is 0. The van der Waals surface area contributed by atoms with Gasteiger partial charge in [-0.2, -0.15) is 0 Å². The molecular weight excluding hydrogens is 182 g/mol. The number of halogens is 1. The zero-order chi connectivity index (χ0) is 8.10. The zero-order valence-corrected chi connectivity index (χ0v) is 7.60. The van der Waals surface area contributed by atoms with Crippen molar-refractivity contribution in [1.82, 2.24) is 5.32 Å². The normalized spacial score (nSPS) is 18.3. The van der Waals surface area contributed by atoms with Crippen LogP contribution in [0.1, 0.15) is 12.8 Å². The number of aliphatic carboxylic acids is 1. The van der Waals surface area contributed by atoms with Crippen LogP contribution in [0.5, 0.6) is 0 Å². The maximum atomic E-state index is 10.1. The van der Waals surface area contributed by atoms with E-state index in [1.54, 1.807) is 0 Å². The van der Waals surface area contributed by atoms with Crippen LogP contribution in [0.25, 0.3) is 0 Å². The molecule has 0 amide bonds. The van der Waals surface area contributed by atoms with E-state index in [9.17, 15) is 4.79 Å². The van der Waals surface area contributed by atoms with Gasteiger partial charge in [-0.1, -0.05) is 0 Å². The number of carboxylic acid groups (broad SMARTS) is 1. The molecule has 5 heteroatoms. The van der Waals surface area contributed by atoms with Gasteiger partial charge in [-0.15, -0.1) is 12.4 Å². The average molecular weight is 196 g/mol. The Bertz CT molecular complexity index is 137. The second-order valence-corrected chi connectivity index (χ2v) is 2.66. The Labute approximate surface area is 77.7 Å². The van der Waals surface area contributed by atoms with Crippen LogP contribution in [0.4, 0.5) is 0 Å². The highest BCUT2D eigenvalue weighted by Gasteiger charge is 2.13. The van der Waals surface area contributed by atoms with E-state index in [1.165, 1.54) is 0 Å². The predicted molar refractivity (Wildman–Crippen MR) is 46.7 cm³/mol. The fourth-order valence-electron chi connectivity index (χ4n) is 1.13. The minimum Gasteiger partial charge on any atom is -0.480 e. The molecule has 0 spiro atoms. The van der Waals surface area contributed by atoms with Crippen LogP contribution in [0.15, 0.2) is 0 Å². The standard InChI is InChI=1S/C7H13NO3.ClH/c9-7(10)5-8-6-1-3-11-4-2-6;/h6,8H,1-5H2,(H,9,10);1H. The topological polar surface area (TPSA) is 58.6 Å². The molecule has 0 aliphatic carbocycles. The lowest BCUT2D eigenvalue weighted by Gasteiger charge is -2.22. The van der Waals surface area contributed by atoms with E-state index in [4.69, 9.17) is 9.84 Å². The molecule has 72 valence electrons. The molecule has 1 aliphatic rings. The summed E-state index contributed by atoms with van der Waals surface area (Å²) in [6.45, 7) is 1.55. The van der Waals surface area contributed by atoms with E-state index in [0.717, 1.165) is 26.1 Å². The lowest BCUT2D eigenvalue weighted by atomic mass is 10.1. The van der Waals surface area contributed by atoms with Crippen LogP contribution in [-0.4, -0.2) is 36.9 Å². The molecule has 0 bridgehead atoms. The molecule has 1 fully saturated rings. The lowest BCUT2D eigenvalue weighted by Crippen LogP contribution is -2.37. The fraction of sp³-hybridized carbons (Fsp3) is 0.857. The molecular formula is C7H14ClNO3. The third kappa shape index (κ3) is 4.54. The molecule has 0 aromatic rings. The number of hydrogen-bond acceptors (Lipinski definition) is 3. The van der Waals surface area contributed by atoms with Crippen LogP contribution >= 0.6 is 12.4 Å². The first-order valence-corrected chi connectivity index (χ1v) is 3.82. The Morgan fingerprint density at radius 2 is 2.08 bits per heavy atom. The van der Waals surface area contributed by atoms with Crippen molar-refractivity contribution in [2.45, 2.75) is 18.9 Å². The number of ether oxygens (including phenoxy) is 1. The highest BCUT2D eigenvalue weighted by molar-refractivity contribution is 5.85. The number of nitrogens with one attached hydrogen (secondary N) is 1. The largest absolute Gasteiger partial charge is 0.480 e. The van der Waals surface area contributed by atoms with E-state index in [0.29, 0.717) is 6.04 Å². The number of hydrogen-bond donors (Lipinski definition) is 2. The van der Waals surface area contributed by atoms with Gasteiger partial charge < -0.3 is 15.2 Å². The first-order valence-electron chi connectivity index (χ1n) is 3.82. The second-order valence-electron chi connectivity index (χ2n) is 2.66. The van der Waals surface area contributed by atoms with Gasteiger partial charge in [0.1, 0.15) is 0 Å². The monoisotopic (exact) mass is 195 g/mol. The first kappa shape index (κ1) is 11.7. The summed E-state index contributed by atoms with van der Waals surface area (Å²) >= 11 is 0. The zero-order valence-electron chi connectivity index (χ0n) is 6.78. The predicted octanol–water partition coefficient (Wildman–Crippen LogP) is 0.261. The summed E-state index contributed by atoms with van der Waals surface area (Å²) in [4.78, 5) is 10.1. The Morgan fingerprint density at radius 1 is 1.50 bits per heavy atom. The number of rotatable bonds is 3. The highest BCUT2D eigenvalue weighted by Crippen LogP contribution is 2.05. The van der Waals surface area contributed by atoms with Gasteiger partial charge in [0.25, 0.3) is 0 Å². The van der Waals surface area contributed by atoms with E-state index in [-0.39, 0.29) is 19.0 Å². The summed E-state index contributed by atoms with van der Waals surface area (Å²) in [5.74, 6) is -0.795. The summed E-state index contributed by atoms with van der Waals surface area (Å²) in [6.07, 6.45) is 1.85. The SMILES string of the molecule is Cl.O=C(O)CNC1CCOCC1. The molecule has 2 N–H and O–H groups in total. The van der Waals surface area contributed by atoms with Crippen molar-refractivity contribution in [1.29, 1.82) is 0 Å². The van der Waals surface area contributed by atoms with Crippen molar-refractivity contribution in [3.63, 3.8) is 0 Å². The van der Waals surface area contributed by atoms with Crippen molar-refractivity contribution < 1.29 is 14.6 Å². The van der Waals surface area contributed by atoms with Gasteiger partial charge in [0, 0.05) is 19.3 Å². The van der Waals surface area contributed by atoms with E-state index < -0.39 is 5.97 Å². The summed E-state index contributed by atoms with van der Waals surface area (Å²) < 4.78 is 5.12. The van der Waals surface area contributed by atoms with Crippen LogP contribution < -0.4 is 5.32 Å². The van der Waals surface area contributed by atoms with Gasteiger partial charge in [-0.05, 0) is 12.8 Å². The Morgan fingerprint density at radius 3 is 2.58 bits per heavy atom. The number of carbonyl (C=O) groups is 1. The average Bonchev–Trinajstić information content (AvgIpc) is 2.03. The van der Waals surface area contributed by atoms with Gasteiger partial charge >= 0.3 is 5.97 Å². The maximum Gasteiger partial charge on any atom is 0.317 e. The minimum atomic E-state index is -0.795. The molecule has 0 aromatic heterocycles. The van der Waals surface area contributed by atoms with E-state index in [2.05, 4.69) is 5.32 Å². The van der Waals surface area contributed by atoms with E-state index in [1.807, 2.05) is 0 Å². The molecule has 0 radical (unpaired) electrons. The molecule has 0 saturated carbocycles. The summed E-state index contributed by atoms with van der Waals surface area (Å²) in [5.41, 5.74) is 0. The molecule has 4 nitrogen and oxygen atoms in total. The third-order valence-electron chi connectivity index (χ3n) is 1.76. The van der Waals surface area contributed by atoms with Crippen LogP contribution in [0.3, 0.4) is 0 Å². The van der Waals surface area contributed by atoms with Crippen LogP contribution in [0, 0.1) is 0 Å². The smallest absolute Gasteiger partial charge is 0.317 e. The van der Waals surface area contributed by atoms with Crippen molar-refractivity contribution in [3.05, 3.63) is 0 Å². The fourth-order valence-corrected chi connectivity index (χ4v) is 1.13. The van der Waals surface area contributed by atoms with Crippen molar-refractivity contribution in [2.24, 2.45) is 0 Å². The number of carboxylic acids is 1. The van der Waals surface area contributed by atoms with E-state index >= 15 is 0 Å². The molecule has 0 unspecified atom stereocenters. The molecule has 1 saturated heterocycles. The van der Waals surface area contributed by atoms with Gasteiger partial charge in [-0.25, -0.2) is 0 Å². The van der Waals surface area contributed by atoms with Gasteiger partial charge in [0.2, 0.25) is 0 Å². The first-order chi connectivity index (χ1) is 5.29. The van der Waals surface area contributed by atoms with Crippen molar-refractivity contribution in [2.75, 3.05) is 19.8 Å². The van der Waals surface area contributed by atoms with Gasteiger partial charge in [0.05, 0.1) is 6.54 Å². The quantitative estimate of drug-likeness (QED) is 0.679. The third-order valence-corrected chi connectivity index (χ3v) is 1.76. The molecule has 1 rings (SSSR count). The van der Waals surface area contributed by atoms with Crippen molar-refractivity contribution >= 4 is 18.4 Å². The Balaban J connectivity index is 0.00000121. The van der Waals surface area contributed by atoms with Crippen molar-refractivity contribution in [3.8, 4) is 0 Å². The second kappa shape index (κ2) is 6.22. The van der Waals surface area contributed by atoms with Crippen LogP contribution in [0.2, 0.25) is 0 Å². The van der Waals surface area contributed by atoms with Crippen LogP contribution in [-0.2, 0) is 9.53 Å². The Hall–Kier alpha value is -0.320. The molecule has 0 atom stereocenters. The summed E-state index contributed by atoms with van der Waals surface area (Å²) in [5, 5.41) is 11.3. The Kier molecular flexibility index (Phi) is 6.06. The van der Waals surface area contributed by atoms with Gasteiger partial charge in [0.15, 0.2) is 0 Å². The molecule has 0 aromatic carbocycles. The molecule has 12 heavy (non-hydrogen) atoms. The van der Waals surface area contributed by atoms with Gasteiger partial charge in [-0.3, -0.25) is 4.79 Å². The summed E-state index contributed by atoms with van der Waals surface area (Å²) in [6, 6.07) is 0.333.